The Morgan fingerprint density at radius 3 is 1.92 bits per heavy atom. The number of halogens is 1. The van der Waals surface area contributed by atoms with E-state index in [0.29, 0.717) is 22.4 Å². The third-order valence-corrected chi connectivity index (χ3v) is 10.6. The summed E-state index contributed by atoms with van der Waals surface area (Å²) in [5, 5.41) is 81.9. The number of benzene rings is 3. The normalized spacial score (nSPS) is 31.8. The quantitative estimate of drug-likeness (QED) is 0.0839. The molecule has 3 saturated heterocycles. The van der Waals surface area contributed by atoms with Crippen molar-refractivity contribution in [1.29, 1.82) is 0 Å². The Labute approximate surface area is 339 Å². The molecule has 0 bridgehead atoms. The molecule has 0 spiro atoms. The van der Waals surface area contributed by atoms with Crippen LogP contribution >= 0.6 is 0 Å². The Morgan fingerprint density at radius 1 is 0.717 bits per heavy atom. The first-order valence-electron chi connectivity index (χ1n) is 18.7. The number of amides is 1. The van der Waals surface area contributed by atoms with Crippen LogP contribution in [0.1, 0.15) is 28.8 Å². The van der Waals surface area contributed by atoms with E-state index in [0.717, 1.165) is 12.1 Å². The van der Waals surface area contributed by atoms with Gasteiger partial charge in [-0.2, -0.15) is 0 Å². The number of carboxylic acid groups (broad SMARTS) is 2. The molecule has 18 nitrogen and oxygen atoms in total. The Morgan fingerprint density at radius 2 is 1.32 bits per heavy atom. The number of hydrogen-bond acceptors (Lipinski definition) is 15. The maximum atomic E-state index is 13.8. The first-order valence-corrected chi connectivity index (χ1v) is 18.7. The van der Waals surface area contributed by atoms with Gasteiger partial charge in [0.1, 0.15) is 60.6 Å². The van der Waals surface area contributed by atoms with E-state index < -0.39 is 110 Å². The molecule has 0 saturated carbocycles. The number of rotatable bonds is 13. The van der Waals surface area contributed by atoms with Crippen LogP contribution in [-0.2, 0) is 33.3 Å². The molecule has 3 aromatic rings. The third kappa shape index (κ3) is 8.39. The zero-order valence-electron chi connectivity index (χ0n) is 31.2. The molecule has 3 aliphatic heterocycles. The Hall–Kier alpha value is -5.61. The molecule has 1 aliphatic carbocycles. The minimum absolute atomic E-state index is 0.0361. The van der Waals surface area contributed by atoms with E-state index in [1.165, 1.54) is 35.2 Å². The number of hydrogen-bond donors (Lipinski definition) is 8. The number of allylic oxidation sites excluding steroid dienone is 2. The number of aliphatic hydroxyl groups excluding tert-OH is 6. The predicted octanol–water partition coefficient (Wildman–Crippen LogP) is 0.120. The lowest BCUT2D eigenvalue weighted by Gasteiger charge is -2.48. The number of ketones is 1. The number of carbonyl (C=O) groups is 4. The van der Waals surface area contributed by atoms with Gasteiger partial charge in [0.25, 0.3) is 5.91 Å². The minimum atomic E-state index is -2.03. The largest absolute Gasteiger partial charge is 0.479 e. The lowest BCUT2D eigenvalue weighted by molar-refractivity contribution is -0.283. The van der Waals surface area contributed by atoms with Gasteiger partial charge in [-0.3, -0.25) is 14.5 Å². The molecular weight excluding hydrogens is 797 g/mol. The van der Waals surface area contributed by atoms with Crippen molar-refractivity contribution < 1.29 is 88.1 Å². The minimum Gasteiger partial charge on any atom is -0.479 e. The molecule has 6 unspecified atom stereocenters. The second-order valence-electron chi connectivity index (χ2n) is 14.4. The van der Waals surface area contributed by atoms with Crippen molar-refractivity contribution in [1.82, 2.24) is 0 Å². The molecule has 8 N–H and O–H groups in total. The second-order valence-corrected chi connectivity index (χ2v) is 14.4. The highest BCUT2D eigenvalue weighted by atomic mass is 19.1. The van der Waals surface area contributed by atoms with Gasteiger partial charge in [0.15, 0.2) is 24.1 Å². The van der Waals surface area contributed by atoms with E-state index in [-0.39, 0.29) is 29.9 Å². The highest BCUT2D eigenvalue weighted by Gasteiger charge is 2.54. The smallest absolute Gasteiger partial charge is 0.335 e. The Kier molecular flexibility index (Phi) is 12.4. The van der Waals surface area contributed by atoms with Crippen LogP contribution in [0, 0.1) is 5.82 Å². The topological polar surface area (TPSA) is 280 Å². The van der Waals surface area contributed by atoms with E-state index in [1.807, 2.05) is 0 Å². The van der Waals surface area contributed by atoms with Crippen LogP contribution in [0.3, 0.4) is 0 Å². The average Bonchev–Trinajstić information content (AvgIpc) is 3.23. The summed E-state index contributed by atoms with van der Waals surface area (Å²) in [7, 11) is 0. The van der Waals surface area contributed by atoms with Crippen molar-refractivity contribution in [3.63, 3.8) is 0 Å². The van der Waals surface area contributed by atoms with Gasteiger partial charge in [0.05, 0.1) is 6.04 Å². The number of para-hydroxylation sites is 1. The molecular formula is C41H40FNO17. The monoisotopic (exact) mass is 837 g/mol. The molecule has 60 heavy (non-hydrogen) atoms. The number of Topliss-reactive ketones (excluding diaryl/α,β-unsaturated/α-hetero) is 1. The fourth-order valence-electron chi connectivity index (χ4n) is 7.40. The lowest BCUT2D eigenvalue weighted by Crippen LogP contribution is -2.67. The van der Waals surface area contributed by atoms with Crippen LogP contribution < -0.4 is 9.64 Å². The molecule has 0 radical (unpaired) electrons. The molecule has 12 atom stereocenters. The summed E-state index contributed by atoms with van der Waals surface area (Å²) in [5.41, 5.74) is 1.92. The molecule has 3 aromatic carbocycles. The molecule has 7 rings (SSSR count). The number of β-lactam (4-membered cyclic amide) rings is 1. The zero-order valence-corrected chi connectivity index (χ0v) is 31.2. The van der Waals surface area contributed by atoms with Crippen molar-refractivity contribution in [3.8, 4) is 5.75 Å². The summed E-state index contributed by atoms with van der Waals surface area (Å²) >= 11 is 0. The van der Waals surface area contributed by atoms with E-state index in [9.17, 15) is 64.4 Å². The van der Waals surface area contributed by atoms with Gasteiger partial charge in [0.2, 0.25) is 12.6 Å². The van der Waals surface area contributed by atoms with Crippen LogP contribution in [0.4, 0.5) is 10.1 Å². The van der Waals surface area contributed by atoms with Crippen LogP contribution in [0.15, 0.2) is 96.3 Å². The van der Waals surface area contributed by atoms with Gasteiger partial charge in [-0.25, -0.2) is 14.0 Å². The van der Waals surface area contributed by atoms with Crippen LogP contribution in [-0.4, -0.2) is 145 Å². The van der Waals surface area contributed by atoms with E-state index in [2.05, 4.69) is 0 Å². The number of aliphatic hydroxyl groups is 6. The molecule has 0 aromatic heterocycles. The molecule has 4 aliphatic rings. The summed E-state index contributed by atoms with van der Waals surface area (Å²) in [6.45, 7) is -0.573. The van der Waals surface area contributed by atoms with Crippen LogP contribution in [0.25, 0.3) is 5.57 Å². The number of anilines is 1. The van der Waals surface area contributed by atoms with Crippen molar-refractivity contribution in [2.75, 3.05) is 11.5 Å². The van der Waals surface area contributed by atoms with Gasteiger partial charge < -0.3 is 64.5 Å². The van der Waals surface area contributed by atoms with Gasteiger partial charge >= 0.3 is 11.9 Å². The average molecular weight is 838 g/mol. The maximum Gasteiger partial charge on any atom is 0.335 e. The summed E-state index contributed by atoms with van der Waals surface area (Å²) in [6, 6.07) is 18.4. The van der Waals surface area contributed by atoms with Gasteiger partial charge in [0, 0.05) is 11.3 Å². The summed E-state index contributed by atoms with van der Waals surface area (Å²) < 4.78 is 42.1. The van der Waals surface area contributed by atoms with Crippen LogP contribution in [0.2, 0.25) is 0 Å². The van der Waals surface area contributed by atoms with Crippen molar-refractivity contribution in [2.24, 2.45) is 0 Å². The number of nitrogens with zero attached hydrogens (tertiary/aromatic N) is 1. The van der Waals surface area contributed by atoms with Crippen molar-refractivity contribution >= 4 is 34.9 Å². The first kappa shape index (κ1) is 42.5. The summed E-state index contributed by atoms with van der Waals surface area (Å²) in [4.78, 5) is 51.9. The number of carbonyl (C=O) groups excluding carboxylic acids is 2. The fraction of sp³-hybridized carbons (Fsp3) is 0.366. The first-order chi connectivity index (χ1) is 28.6. The zero-order chi connectivity index (χ0) is 43.0. The third-order valence-electron chi connectivity index (χ3n) is 10.6. The van der Waals surface area contributed by atoms with Crippen molar-refractivity contribution in [3.05, 3.63) is 113 Å². The lowest BCUT2D eigenvalue weighted by atomic mass is 9.81. The molecule has 19 heteroatoms. The van der Waals surface area contributed by atoms with Gasteiger partial charge in [-0.1, -0.05) is 30.3 Å². The van der Waals surface area contributed by atoms with Gasteiger partial charge in [-0.15, -0.1) is 0 Å². The number of carboxylic acids is 2. The molecule has 3 fully saturated rings. The highest BCUT2D eigenvalue weighted by Crippen LogP contribution is 2.43. The SMILES string of the molecule is O=C(CO[C@H]1C(=O)N(c2ccccc2)[C@@H]1C1=C(O[C@@H]2OC(C(=O)O)[C@@H](O)C(O)C2O)C=C(c2cccc(O[C@@H]3OC(C(=O)O)[C@@H](O)C(O)C3O)c2)CC1)c1ccc(F)cc1. The van der Waals surface area contributed by atoms with Crippen molar-refractivity contribution in [2.45, 2.75) is 86.4 Å². The summed E-state index contributed by atoms with van der Waals surface area (Å²) in [6.07, 6.45) is -18.7. The number of aliphatic carboxylic acids is 2. The predicted molar refractivity (Wildman–Crippen MR) is 199 cm³/mol. The Balaban J connectivity index is 1.25. The molecule has 3 heterocycles. The van der Waals surface area contributed by atoms with E-state index in [1.54, 1.807) is 42.5 Å². The maximum absolute atomic E-state index is 13.8. The standard InChI is InChI=1S/C41H40FNO17/c42-21-12-9-18(10-13-21)25(44)17-56-34-27(43(37(34)51)22-6-2-1-3-7-22)24-14-11-20(16-26(24)58-41-33(50)29(46)31(48)36(60-41)39(54)55)19-5-4-8-23(15-19)57-40-32(49)28(45)30(47)35(59-40)38(52)53/h1-10,12-13,15-16,27-36,40-41,45-50H,11,14,17H2,(H,52,53)(H,54,55)/t27-,28?,29?,30+,31+,32?,33?,34-,35?,36?,40-,41-/m1/s1. The van der Waals surface area contributed by atoms with E-state index in [4.69, 9.17) is 23.7 Å². The van der Waals surface area contributed by atoms with Crippen LogP contribution in [0.5, 0.6) is 5.75 Å². The Bertz CT molecular complexity index is 2160. The summed E-state index contributed by atoms with van der Waals surface area (Å²) in [5.74, 6) is -4.92. The number of ether oxygens (including phenoxy) is 5. The van der Waals surface area contributed by atoms with E-state index >= 15 is 0 Å². The van der Waals surface area contributed by atoms with Gasteiger partial charge in [-0.05, 0) is 84.2 Å². The second kappa shape index (κ2) is 17.5. The fourth-order valence-corrected chi connectivity index (χ4v) is 7.40. The highest BCUT2D eigenvalue weighted by molar-refractivity contribution is 6.06. The molecule has 318 valence electrons. The molecule has 1 amide bonds.